The van der Waals surface area contributed by atoms with Gasteiger partial charge in [0.2, 0.25) is 5.88 Å². The lowest BCUT2D eigenvalue weighted by molar-refractivity contribution is 0.0698. The van der Waals surface area contributed by atoms with Gasteiger partial charge in [0.1, 0.15) is 0 Å². The summed E-state index contributed by atoms with van der Waals surface area (Å²) in [6, 6.07) is 8.65. The maximum Gasteiger partial charge on any atom is 0.336 e. The summed E-state index contributed by atoms with van der Waals surface area (Å²) in [6.45, 7) is 2.63. The molecule has 0 amide bonds. The Morgan fingerprint density at radius 1 is 1.37 bits per heavy atom. The first-order chi connectivity index (χ1) is 8.72. The summed E-state index contributed by atoms with van der Waals surface area (Å²) < 4.78 is 5.47. The minimum Gasteiger partial charge on any atom is -0.478 e. The van der Waals surface area contributed by atoms with Crippen LogP contribution in [0.25, 0.3) is 10.9 Å². The number of pyridine rings is 1. The Morgan fingerprint density at radius 2 is 2.11 bits per heavy atom. The van der Waals surface area contributed by atoms with Gasteiger partial charge >= 0.3 is 5.97 Å². The molecule has 0 saturated carbocycles. The van der Waals surface area contributed by atoms with Gasteiger partial charge < -0.3 is 9.84 Å². The molecular weight excluding hydrogens is 266 g/mol. The predicted molar refractivity (Wildman–Crippen MR) is 76.4 cm³/mol. The lowest BCUT2D eigenvalue weighted by atomic mass is 10.1. The number of ether oxygens (including phenoxy) is 1. The van der Waals surface area contributed by atoms with Gasteiger partial charge in [-0.25, -0.2) is 9.78 Å². The lowest BCUT2D eigenvalue weighted by Gasteiger charge is -2.08. The Hall–Kier alpha value is -1.81. The zero-order valence-corrected chi connectivity index (χ0v) is 11.4. The third kappa shape index (κ3) is 3.58. The standard InChI is InChI=1S/C14H15NO3.ClH/c1-2-3-8-18-13-9-11(14(16)17)10-6-4-5-7-12(10)15-13;/h4-7,9H,2-3,8H2,1H3,(H,16,17);1H. The third-order valence-electron chi connectivity index (χ3n) is 2.67. The number of unbranched alkanes of at least 4 members (excludes halogenated alkanes) is 1. The molecule has 1 N–H and O–H groups in total. The number of para-hydroxylation sites is 1. The second kappa shape index (κ2) is 6.95. The summed E-state index contributed by atoms with van der Waals surface area (Å²) in [7, 11) is 0. The molecule has 0 bridgehead atoms. The van der Waals surface area contributed by atoms with Crippen LogP contribution in [0.4, 0.5) is 0 Å². The number of aromatic nitrogens is 1. The van der Waals surface area contributed by atoms with E-state index in [-0.39, 0.29) is 18.0 Å². The minimum atomic E-state index is -0.964. The Kier molecular flexibility index (Phi) is 5.57. The number of carbonyl (C=O) groups is 1. The Bertz CT molecular complexity index is 572. The van der Waals surface area contributed by atoms with E-state index in [1.54, 1.807) is 18.2 Å². The topological polar surface area (TPSA) is 59.4 Å². The van der Waals surface area contributed by atoms with Crippen molar-refractivity contribution in [2.75, 3.05) is 6.61 Å². The minimum absolute atomic E-state index is 0. The van der Waals surface area contributed by atoms with Crippen molar-refractivity contribution in [3.63, 3.8) is 0 Å². The average molecular weight is 282 g/mol. The van der Waals surface area contributed by atoms with Crippen LogP contribution in [-0.4, -0.2) is 22.7 Å². The van der Waals surface area contributed by atoms with Crippen LogP contribution < -0.4 is 4.74 Å². The molecule has 0 aliphatic heterocycles. The number of hydrogen-bond donors (Lipinski definition) is 1. The number of aromatic carboxylic acids is 1. The number of hydrogen-bond acceptors (Lipinski definition) is 3. The smallest absolute Gasteiger partial charge is 0.336 e. The first kappa shape index (κ1) is 15.2. The highest BCUT2D eigenvalue weighted by Gasteiger charge is 2.11. The maximum atomic E-state index is 11.2. The molecule has 5 heteroatoms. The number of carboxylic acids is 1. The SMILES string of the molecule is CCCCOc1cc(C(=O)O)c2ccccc2n1.Cl. The van der Waals surface area contributed by atoms with E-state index in [2.05, 4.69) is 11.9 Å². The van der Waals surface area contributed by atoms with Crippen molar-refractivity contribution in [2.24, 2.45) is 0 Å². The van der Waals surface area contributed by atoms with E-state index in [9.17, 15) is 9.90 Å². The second-order valence-corrected chi connectivity index (χ2v) is 4.03. The fourth-order valence-electron chi connectivity index (χ4n) is 1.72. The monoisotopic (exact) mass is 281 g/mol. The summed E-state index contributed by atoms with van der Waals surface area (Å²) in [4.78, 5) is 15.5. The summed E-state index contributed by atoms with van der Waals surface area (Å²) in [6.07, 6.45) is 1.95. The van der Waals surface area contributed by atoms with Crippen molar-refractivity contribution in [2.45, 2.75) is 19.8 Å². The molecule has 0 saturated heterocycles. The predicted octanol–water partition coefficient (Wildman–Crippen LogP) is 3.53. The zero-order chi connectivity index (χ0) is 13.0. The van der Waals surface area contributed by atoms with Crippen LogP contribution in [-0.2, 0) is 0 Å². The van der Waals surface area contributed by atoms with E-state index in [0.29, 0.717) is 23.4 Å². The molecule has 4 nitrogen and oxygen atoms in total. The Balaban J connectivity index is 0.00000180. The van der Waals surface area contributed by atoms with Gasteiger partial charge in [-0.2, -0.15) is 0 Å². The molecule has 0 spiro atoms. The van der Waals surface area contributed by atoms with Crippen LogP contribution in [0.5, 0.6) is 5.88 Å². The first-order valence-corrected chi connectivity index (χ1v) is 5.98. The highest BCUT2D eigenvalue weighted by molar-refractivity contribution is 6.02. The summed E-state index contributed by atoms with van der Waals surface area (Å²) in [5, 5.41) is 9.83. The number of fused-ring (bicyclic) bond motifs is 1. The number of nitrogens with zero attached hydrogens (tertiary/aromatic N) is 1. The van der Waals surface area contributed by atoms with E-state index in [1.165, 1.54) is 6.07 Å². The quantitative estimate of drug-likeness (QED) is 0.852. The van der Waals surface area contributed by atoms with Crippen LogP contribution in [0, 0.1) is 0 Å². The molecule has 102 valence electrons. The molecule has 2 aromatic rings. The largest absolute Gasteiger partial charge is 0.478 e. The van der Waals surface area contributed by atoms with Crippen molar-refractivity contribution < 1.29 is 14.6 Å². The van der Waals surface area contributed by atoms with Gasteiger partial charge in [0.15, 0.2) is 0 Å². The van der Waals surface area contributed by atoms with Crippen LogP contribution >= 0.6 is 12.4 Å². The van der Waals surface area contributed by atoms with Crippen molar-refractivity contribution in [1.82, 2.24) is 4.98 Å². The molecule has 0 fully saturated rings. The van der Waals surface area contributed by atoms with Crippen molar-refractivity contribution in [3.05, 3.63) is 35.9 Å². The molecule has 1 heterocycles. The summed E-state index contributed by atoms with van der Waals surface area (Å²) >= 11 is 0. The first-order valence-electron chi connectivity index (χ1n) is 5.98. The van der Waals surface area contributed by atoms with Crippen LogP contribution in [0.2, 0.25) is 0 Å². The molecule has 0 atom stereocenters. The van der Waals surface area contributed by atoms with Crippen LogP contribution in [0.1, 0.15) is 30.1 Å². The van der Waals surface area contributed by atoms with Crippen molar-refractivity contribution in [3.8, 4) is 5.88 Å². The van der Waals surface area contributed by atoms with Gasteiger partial charge in [-0.15, -0.1) is 12.4 Å². The molecule has 2 rings (SSSR count). The molecule has 1 aromatic heterocycles. The number of rotatable bonds is 5. The van der Waals surface area contributed by atoms with Gasteiger partial charge in [-0.05, 0) is 12.5 Å². The van der Waals surface area contributed by atoms with E-state index in [4.69, 9.17) is 4.74 Å². The van der Waals surface area contributed by atoms with Gasteiger partial charge in [-0.3, -0.25) is 0 Å². The summed E-state index contributed by atoms with van der Waals surface area (Å²) in [5.74, 6) is -0.589. The van der Waals surface area contributed by atoms with Crippen molar-refractivity contribution in [1.29, 1.82) is 0 Å². The number of carboxylic acid groups (broad SMARTS) is 1. The molecule has 0 radical (unpaired) electrons. The average Bonchev–Trinajstić information content (AvgIpc) is 2.38. The van der Waals surface area contributed by atoms with Crippen LogP contribution in [0.3, 0.4) is 0 Å². The van der Waals surface area contributed by atoms with Crippen LogP contribution in [0.15, 0.2) is 30.3 Å². The molecule has 0 unspecified atom stereocenters. The third-order valence-corrected chi connectivity index (χ3v) is 2.67. The van der Waals surface area contributed by atoms with E-state index >= 15 is 0 Å². The van der Waals surface area contributed by atoms with Gasteiger partial charge in [0.25, 0.3) is 0 Å². The maximum absolute atomic E-state index is 11.2. The highest BCUT2D eigenvalue weighted by atomic mass is 35.5. The number of benzene rings is 1. The number of halogens is 1. The fourth-order valence-corrected chi connectivity index (χ4v) is 1.72. The second-order valence-electron chi connectivity index (χ2n) is 4.03. The summed E-state index contributed by atoms with van der Waals surface area (Å²) in [5.41, 5.74) is 0.871. The highest BCUT2D eigenvalue weighted by Crippen LogP contribution is 2.22. The molecular formula is C14H16ClNO3. The van der Waals surface area contributed by atoms with E-state index < -0.39 is 5.97 Å². The zero-order valence-electron chi connectivity index (χ0n) is 10.6. The van der Waals surface area contributed by atoms with Gasteiger partial charge in [0.05, 0.1) is 17.7 Å². The van der Waals surface area contributed by atoms with Gasteiger partial charge in [-0.1, -0.05) is 31.5 Å². The molecule has 19 heavy (non-hydrogen) atoms. The molecule has 0 aliphatic carbocycles. The van der Waals surface area contributed by atoms with Gasteiger partial charge in [0, 0.05) is 11.5 Å². The Morgan fingerprint density at radius 3 is 2.79 bits per heavy atom. The molecule has 0 aliphatic rings. The normalized spacial score (nSPS) is 9.95. The van der Waals surface area contributed by atoms with E-state index in [0.717, 1.165) is 12.8 Å². The fraction of sp³-hybridized carbons (Fsp3) is 0.286. The van der Waals surface area contributed by atoms with E-state index in [1.807, 2.05) is 6.07 Å². The Labute approximate surface area is 117 Å². The lowest BCUT2D eigenvalue weighted by Crippen LogP contribution is -2.03. The molecule has 1 aromatic carbocycles. The van der Waals surface area contributed by atoms with Crippen molar-refractivity contribution >= 4 is 29.3 Å².